The van der Waals surface area contributed by atoms with E-state index in [2.05, 4.69) is 31.5 Å². The molecule has 5 unspecified atom stereocenters. The SMILES string of the molecule is O=C(O)CCc1c(O/C=C/CCCOc2cc(-c3ccccc3)cc(-c3ccccc3)n2)cccc1OCCCC(=O)NCCCCC(NC(=O)c1ccc(N/N=C/c2ccccc2S(=O)(=O)O)[nH+]c1)C(=O)NCC(O)C(O)C(O)C(O)CO. The molecule has 446 valence electrons. The van der Waals surface area contributed by atoms with Gasteiger partial charge in [-0.25, -0.2) is 9.97 Å². The predicted octanol–water partition coefficient (Wildman–Crippen LogP) is 4.49. The molecule has 0 radical (unpaired) electrons. The van der Waals surface area contributed by atoms with Crippen LogP contribution in [-0.4, -0.2) is 142 Å². The number of hydrazone groups is 1. The first-order valence-electron chi connectivity index (χ1n) is 27.1. The van der Waals surface area contributed by atoms with E-state index in [1.807, 2.05) is 78.9 Å². The molecule has 6 aromatic rings. The number of anilines is 1. The molecule has 0 fully saturated rings. The number of rotatable bonds is 35. The third kappa shape index (κ3) is 21.0. The van der Waals surface area contributed by atoms with E-state index in [0.717, 1.165) is 22.4 Å². The minimum Gasteiger partial charge on any atom is -0.493 e. The Morgan fingerprint density at radius 1 is 0.726 bits per heavy atom. The van der Waals surface area contributed by atoms with Gasteiger partial charge in [-0.05, 0) is 92.5 Å². The maximum absolute atomic E-state index is 13.4. The lowest BCUT2D eigenvalue weighted by Gasteiger charge is -2.26. The summed E-state index contributed by atoms with van der Waals surface area (Å²) in [5, 5.41) is 70.8. The first-order chi connectivity index (χ1) is 40.5. The Morgan fingerprint density at radius 2 is 1.43 bits per heavy atom. The molecule has 6 rings (SSSR count). The highest BCUT2D eigenvalue weighted by Crippen LogP contribution is 2.31. The van der Waals surface area contributed by atoms with Crippen LogP contribution in [-0.2, 0) is 30.9 Å². The van der Waals surface area contributed by atoms with Gasteiger partial charge in [0.2, 0.25) is 17.7 Å². The van der Waals surface area contributed by atoms with E-state index in [4.69, 9.17) is 24.3 Å². The molecular formula is C60H70N7O16S+. The van der Waals surface area contributed by atoms with Crippen LogP contribution in [0.3, 0.4) is 0 Å². The fraction of sp³-hybridized carbons (Fsp3) is 0.317. The van der Waals surface area contributed by atoms with Crippen LogP contribution in [0.5, 0.6) is 17.4 Å². The third-order valence-corrected chi connectivity index (χ3v) is 13.8. The van der Waals surface area contributed by atoms with Gasteiger partial charge >= 0.3 is 5.97 Å². The Kier molecular flexibility index (Phi) is 25.7. The summed E-state index contributed by atoms with van der Waals surface area (Å²) in [6.45, 7) is -0.771. The highest BCUT2D eigenvalue weighted by atomic mass is 32.2. The zero-order valence-electron chi connectivity index (χ0n) is 45.8. The molecule has 24 heteroatoms. The number of aromatic nitrogens is 2. The zero-order valence-corrected chi connectivity index (χ0v) is 46.6. The minimum absolute atomic E-state index is 0.0480. The van der Waals surface area contributed by atoms with E-state index in [1.165, 1.54) is 42.7 Å². The van der Waals surface area contributed by atoms with Gasteiger partial charge in [0, 0.05) is 54.8 Å². The number of H-pyrrole nitrogens is 1. The summed E-state index contributed by atoms with van der Waals surface area (Å²) in [6.07, 6.45) is 0.807. The number of carbonyl (C=O) groups is 4. The summed E-state index contributed by atoms with van der Waals surface area (Å²) in [5.41, 5.74) is 7.19. The van der Waals surface area contributed by atoms with Crippen LogP contribution in [0.2, 0.25) is 0 Å². The van der Waals surface area contributed by atoms with Crippen molar-refractivity contribution < 1.29 is 82.0 Å². The van der Waals surface area contributed by atoms with E-state index in [0.29, 0.717) is 61.7 Å². The number of pyridine rings is 2. The van der Waals surface area contributed by atoms with Crippen molar-refractivity contribution in [3.63, 3.8) is 0 Å². The van der Waals surface area contributed by atoms with E-state index in [1.54, 1.807) is 30.5 Å². The number of carboxylic acid groups (broad SMARTS) is 1. The fourth-order valence-electron chi connectivity index (χ4n) is 8.33. The van der Waals surface area contributed by atoms with Crippen molar-refractivity contribution in [3.8, 4) is 39.8 Å². The van der Waals surface area contributed by atoms with Crippen molar-refractivity contribution in [2.24, 2.45) is 5.10 Å². The number of carboxylic acids is 1. The van der Waals surface area contributed by atoms with Gasteiger partial charge in [-0.1, -0.05) is 90.0 Å². The molecule has 0 aliphatic rings. The molecule has 4 aromatic carbocycles. The maximum atomic E-state index is 13.4. The molecule has 12 N–H and O–H groups in total. The van der Waals surface area contributed by atoms with Crippen LogP contribution < -0.4 is 40.6 Å². The van der Waals surface area contributed by atoms with Crippen molar-refractivity contribution >= 4 is 45.8 Å². The van der Waals surface area contributed by atoms with Gasteiger partial charge < -0.3 is 60.8 Å². The first kappa shape index (κ1) is 64.5. The summed E-state index contributed by atoms with van der Waals surface area (Å²) >= 11 is 0. The van der Waals surface area contributed by atoms with Crippen LogP contribution in [0.4, 0.5) is 5.82 Å². The van der Waals surface area contributed by atoms with E-state index in [-0.39, 0.29) is 66.6 Å². The van der Waals surface area contributed by atoms with Gasteiger partial charge in [-0.2, -0.15) is 8.42 Å². The van der Waals surface area contributed by atoms with Gasteiger partial charge in [-0.3, -0.25) is 23.7 Å². The second kappa shape index (κ2) is 33.5. The average molecular weight is 1180 g/mol. The molecule has 2 aromatic heterocycles. The number of amides is 3. The zero-order chi connectivity index (χ0) is 60.3. The molecule has 0 spiro atoms. The van der Waals surface area contributed by atoms with Gasteiger partial charge in [0.1, 0.15) is 46.9 Å². The average Bonchev–Trinajstić information content (AvgIpc) is 3.71. The molecule has 23 nitrogen and oxygen atoms in total. The second-order valence-electron chi connectivity index (χ2n) is 19.2. The number of aromatic amines is 1. The Labute approximate surface area is 485 Å². The number of hydrogen-bond acceptors (Lipinski definition) is 17. The smallest absolute Gasteiger partial charge is 0.303 e. The molecule has 0 bridgehead atoms. The summed E-state index contributed by atoms with van der Waals surface area (Å²) in [6, 6.07) is 36.3. The molecule has 5 atom stereocenters. The Bertz CT molecular complexity index is 3190. The fourth-order valence-corrected chi connectivity index (χ4v) is 9.00. The highest BCUT2D eigenvalue weighted by molar-refractivity contribution is 7.86. The van der Waals surface area contributed by atoms with Crippen LogP contribution in [0.25, 0.3) is 22.4 Å². The van der Waals surface area contributed by atoms with E-state index < -0.39 is 71.5 Å². The number of aliphatic hydroxyl groups excluding tert-OH is 5. The number of unbranched alkanes of at least 4 members (excludes halogenated alkanes) is 2. The third-order valence-electron chi connectivity index (χ3n) is 12.9. The standard InChI is InChI=1S/C60H69N7O16S/c68-39-49(70)58(75)57(74)48(69)38-63-60(77)46(66-59(76)43-26-28-53(62-36-43)67-64-37-42-20-8-9-24-52(42)84(78,79)80)21-10-11-30-61-54(71)25-15-33-82-51-23-14-22-50(45(51)27-29-56(72)73)81-31-12-3-13-32-83-55-35-44(40-16-4-1-5-17-40)34-47(65-55)41-18-6-2-7-19-41/h1-2,4-9,12,14,16-20,22-24,26,28,31,34-37,46,48-49,57-58,68-70,74-75H,3,10-11,13,15,21,25,27,29-30,32-33,38-39H2,(H,61,71)(H,62,67)(H,63,77)(H,66,76)(H,72,73)(H,78,79,80)/p+1/b31-12+,64-37+. The summed E-state index contributed by atoms with van der Waals surface area (Å²) < 4.78 is 51.0. The van der Waals surface area contributed by atoms with E-state index >= 15 is 0 Å². The quantitative estimate of drug-likeness (QED) is 0.00858. The number of ether oxygens (including phenoxy) is 3. The van der Waals surface area contributed by atoms with Gasteiger partial charge in [-0.15, -0.1) is 5.43 Å². The van der Waals surface area contributed by atoms with Gasteiger partial charge in [0.25, 0.3) is 21.8 Å². The lowest BCUT2D eigenvalue weighted by Crippen LogP contribution is -2.52. The molecule has 3 amide bonds. The number of aliphatic carboxylic acids is 1. The molecule has 84 heavy (non-hydrogen) atoms. The number of aliphatic hydroxyl groups is 5. The summed E-state index contributed by atoms with van der Waals surface area (Å²) in [7, 11) is -4.51. The molecule has 0 saturated heterocycles. The number of benzene rings is 4. The van der Waals surface area contributed by atoms with E-state index in [9.17, 15) is 57.7 Å². The van der Waals surface area contributed by atoms with Gasteiger partial charge in [0.15, 0.2) is 0 Å². The van der Waals surface area contributed by atoms with Gasteiger partial charge in [0.05, 0.1) is 49.7 Å². The van der Waals surface area contributed by atoms with Crippen molar-refractivity contribution in [3.05, 3.63) is 163 Å². The monoisotopic (exact) mass is 1180 g/mol. The molecular weight excluding hydrogens is 1110 g/mol. The molecule has 2 heterocycles. The van der Waals surface area contributed by atoms with Crippen LogP contribution in [0.15, 0.2) is 156 Å². The minimum atomic E-state index is -4.51. The van der Waals surface area contributed by atoms with Crippen molar-refractivity contribution in [2.75, 3.05) is 38.3 Å². The lowest BCUT2D eigenvalue weighted by molar-refractivity contribution is -0.361. The Hall–Kier alpha value is -8.62. The van der Waals surface area contributed by atoms with Crippen molar-refractivity contribution in [2.45, 2.75) is 93.1 Å². The Balaban J connectivity index is 0.953. The Morgan fingerprint density at radius 3 is 2.14 bits per heavy atom. The topological polar surface area (TPSA) is 359 Å². The summed E-state index contributed by atoms with van der Waals surface area (Å²) in [4.78, 5) is 58.5. The second-order valence-corrected chi connectivity index (χ2v) is 20.5. The van der Waals surface area contributed by atoms with Crippen LogP contribution >= 0.6 is 0 Å². The van der Waals surface area contributed by atoms with Crippen LogP contribution in [0, 0.1) is 0 Å². The molecule has 0 aliphatic carbocycles. The number of carbonyl (C=O) groups excluding carboxylic acids is 3. The molecule has 0 aliphatic heterocycles. The van der Waals surface area contributed by atoms with Crippen molar-refractivity contribution in [1.82, 2.24) is 20.9 Å². The normalized spacial score (nSPS) is 13.3. The largest absolute Gasteiger partial charge is 0.493 e. The molecule has 0 saturated carbocycles. The first-order valence-corrected chi connectivity index (χ1v) is 28.5. The van der Waals surface area contributed by atoms with Crippen LogP contribution in [0.1, 0.15) is 72.9 Å². The number of nitrogens with zero attached hydrogens (tertiary/aromatic N) is 2. The number of allylic oxidation sites excluding steroid dienone is 1. The van der Waals surface area contributed by atoms with Crippen molar-refractivity contribution in [1.29, 1.82) is 0 Å². The number of nitrogens with one attached hydrogen (secondary N) is 5. The lowest BCUT2D eigenvalue weighted by atomic mass is 10.0. The summed E-state index contributed by atoms with van der Waals surface area (Å²) in [5.74, 6) is -1.12. The highest BCUT2D eigenvalue weighted by Gasteiger charge is 2.31. The maximum Gasteiger partial charge on any atom is 0.303 e. The predicted molar refractivity (Wildman–Crippen MR) is 309 cm³/mol. The number of hydrogen-bond donors (Lipinski definition) is 11.